The predicted molar refractivity (Wildman–Crippen MR) is 71.9 cm³/mol. The SMILES string of the molecule is COCc1ccc(C(N)c2ccc(Cl)cc2Cl)o1. The van der Waals surface area contributed by atoms with Gasteiger partial charge in [0.2, 0.25) is 0 Å². The molecule has 2 rings (SSSR count). The standard InChI is InChI=1S/C13H13Cl2NO2/c1-17-7-9-3-5-12(18-9)13(16)10-4-2-8(14)6-11(10)15/h2-6,13H,7,16H2,1H3. The van der Waals surface area contributed by atoms with Crippen molar-refractivity contribution < 1.29 is 9.15 Å². The second kappa shape index (κ2) is 5.76. The second-order valence-corrected chi connectivity index (χ2v) is 4.72. The lowest BCUT2D eigenvalue weighted by Gasteiger charge is -2.11. The molecule has 1 aromatic heterocycles. The average Bonchev–Trinajstić information content (AvgIpc) is 2.77. The summed E-state index contributed by atoms with van der Waals surface area (Å²) in [6.07, 6.45) is 0. The summed E-state index contributed by atoms with van der Waals surface area (Å²) < 4.78 is 10.6. The summed E-state index contributed by atoms with van der Waals surface area (Å²) in [4.78, 5) is 0. The molecule has 1 unspecified atom stereocenters. The number of hydrogen-bond acceptors (Lipinski definition) is 3. The van der Waals surface area contributed by atoms with E-state index in [2.05, 4.69) is 0 Å². The van der Waals surface area contributed by atoms with Crippen molar-refractivity contribution in [2.75, 3.05) is 7.11 Å². The van der Waals surface area contributed by atoms with Crippen LogP contribution in [0.15, 0.2) is 34.7 Å². The topological polar surface area (TPSA) is 48.4 Å². The molecule has 0 amide bonds. The highest BCUT2D eigenvalue weighted by Gasteiger charge is 2.16. The molecule has 0 aliphatic rings. The number of benzene rings is 1. The van der Waals surface area contributed by atoms with Gasteiger partial charge in [-0.25, -0.2) is 0 Å². The van der Waals surface area contributed by atoms with E-state index in [1.807, 2.05) is 12.1 Å². The molecule has 0 bridgehead atoms. The van der Waals surface area contributed by atoms with Gasteiger partial charge in [0.25, 0.3) is 0 Å². The van der Waals surface area contributed by atoms with Gasteiger partial charge in [0.15, 0.2) is 0 Å². The third-order valence-electron chi connectivity index (χ3n) is 2.57. The van der Waals surface area contributed by atoms with Gasteiger partial charge >= 0.3 is 0 Å². The summed E-state index contributed by atoms with van der Waals surface area (Å²) >= 11 is 12.0. The lowest BCUT2D eigenvalue weighted by atomic mass is 10.1. The lowest BCUT2D eigenvalue weighted by molar-refractivity contribution is 0.162. The zero-order valence-electron chi connectivity index (χ0n) is 9.82. The van der Waals surface area contributed by atoms with E-state index in [9.17, 15) is 0 Å². The van der Waals surface area contributed by atoms with Crippen molar-refractivity contribution >= 4 is 23.2 Å². The Hall–Kier alpha value is -1.00. The van der Waals surface area contributed by atoms with E-state index in [0.717, 1.165) is 11.3 Å². The molecule has 0 radical (unpaired) electrons. The minimum Gasteiger partial charge on any atom is -0.462 e. The summed E-state index contributed by atoms with van der Waals surface area (Å²) in [5, 5.41) is 1.11. The van der Waals surface area contributed by atoms with E-state index >= 15 is 0 Å². The summed E-state index contributed by atoms with van der Waals surface area (Å²) in [7, 11) is 1.61. The van der Waals surface area contributed by atoms with E-state index in [-0.39, 0.29) is 0 Å². The van der Waals surface area contributed by atoms with Crippen molar-refractivity contribution in [1.29, 1.82) is 0 Å². The predicted octanol–water partition coefficient (Wildman–Crippen LogP) is 3.78. The number of hydrogen-bond donors (Lipinski definition) is 1. The Morgan fingerprint density at radius 1 is 1.28 bits per heavy atom. The smallest absolute Gasteiger partial charge is 0.129 e. The third-order valence-corrected chi connectivity index (χ3v) is 3.14. The molecule has 2 N–H and O–H groups in total. The van der Waals surface area contributed by atoms with Crippen molar-refractivity contribution in [2.24, 2.45) is 5.73 Å². The quantitative estimate of drug-likeness (QED) is 0.930. The van der Waals surface area contributed by atoms with Crippen molar-refractivity contribution in [2.45, 2.75) is 12.6 Å². The van der Waals surface area contributed by atoms with Crippen LogP contribution in [0.3, 0.4) is 0 Å². The monoisotopic (exact) mass is 285 g/mol. The van der Waals surface area contributed by atoms with Crippen LogP contribution < -0.4 is 5.73 Å². The fourth-order valence-corrected chi connectivity index (χ4v) is 2.21. The van der Waals surface area contributed by atoms with Crippen molar-refractivity contribution in [3.05, 3.63) is 57.5 Å². The summed E-state index contributed by atoms with van der Waals surface area (Å²) in [5.41, 5.74) is 6.89. The molecule has 3 nitrogen and oxygen atoms in total. The molecule has 2 aromatic rings. The lowest BCUT2D eigenvalue weighted by Crippen LogP contribution is -2.11. The number of methoxy groups -OCH3 is 1. The number of ether oxygens (including phenoxy) is 1. The number of furan rings is 1. The highest BCUT2D eigenvalue weighted by molar-refractivity contribution is 6.35. The number of rotatable bonds is 4. The third kappa shape index (κ3) is 2.87. The molecule has 0 aliphatic heterocycles. The minimum absolute atomic E-state index is 0.416. The molecule has 5 heteroatoms. The molecule has 0 fully saturated rings. The summed E-state index contributed by atoms with van der Waals surface area (Å²) in [6, 6.07) is 8.46. The van der Waals surface area contributed by atoms with Gasteiger partial charge in [-0.2, -0.15) is 0 Å². The highest BCUT2D eigenvalue weighted by atomic mass is 35.5. The van der Waals surface area contributed by atoms with Gasteiger partial charge < -0.3 is 14.9 Å². The Kier molecular flexibility index (Phi) is 4.30. The average molecular weight is 286 g/mol. The van der Waals surface area contributed by atoms with Gasteiger partial charge in [-0.1, -0.05) is 29.3 Å². The number of halogens is 2. The maximum Gasteiger partial charge on any atom is 0.129 e. The molecular weight excluding hydrogens is 273 g/mol. The van der Waals surface area contributed by atoms with E-state index in [1.54, 1.807) is 25.3 Å². The molecule has 18 heavy (non-hydrogen) atoms. The van der Waals surface area contributed by atoms with Crippen LogP contribution in [0.5, 0.6) is 0 Å². The van der Waals surface area contributed by atoms with Crippen LogP contribution in [0.2, 0.25) is 10.0 Å². The fourth-order valence-electron chi connectivity index (χ4n) is 1.69. The van der Waals surface area contributed by atoms with Crippen molar-refractivity contribution in [3.63, 3.8) is 0 Å². The van der Waals surface area contributed by atoms with Gasteiger partial charge in [0.1, 0.15) is 18.1 Å². The normalized spacial score (nSPS) is 12.7. The molecule has 0 saturated heterocycles. The molecule has 0 aliphatic carbocycles. The zero-order valence-corrected chi connectivity index (χ0v) is 11.3. The first-order valence-corrected chi connectivity index (χ1v) is 6.15. The minimum atomic E-state index is -0.416. The molecule has 96 valence electrons. The van der Waals surface area contributed by atoms with Crippen LogP contribution in [0.4, 0.5) is 0 Å². The van der Waals surface area contributed by atoms with E-state index in [4.69, 9.17) is 38.1 Å². The Morgan fingerprint density at radius 2 is 2.06 bits per heavy atom. The van der Waals surface area contributed by atoms with Crippen LogP contribution >= 0.6 is 23.2 Å². The van der Waals surface area contributed by atoms with Gasteiger partial charge in [-0.15, -0.1) is 0 Å². The van der Waals surface area contributed by atoms with Gasteiger partial charge in [-0.3, -0.25) is 0 Å². The molecular formula is C13H13Cl2NO2. The van der Waals surface area contributed by atoms with Gasteiger partial charge in [0, 0.05) is 17.2 Å². The van der Waals surface area contributed by atoms with Crippen LogP contribution in [0.25, 0.3) is 0 Å². The Bertz CT molecular complexity index is 540. The fraction of sp³-hybridized carbons (Fsp3) is 0.231. The van der Waals surface area contributed by atoms with Gasteiger partial charge in [-0.05, 0) is 29.8 Å². The van der Waals surface area contributed by atoms with Crippen molar-refractivity contribution in [3.8, 4) is 0 Å². The largest absolute Gasteiger partial charge is 0.462 e. The van der Waals surface area contributed by atoms with Crippen LogP contribution in [-0.4, -0.2) is 7.11 Å². The van der Waals surface area contributed by atoms with E-state index in [0.29, 0.717) is 22.4 Å². The molecule has 1 atom stereocenters. The first-order valence-electron chi connectivity index (χ1n) is 5.40. The molecule has 0 saturated carbocycles. The Morgan fingerprint density at radius 3 is 2.72 bits per heavy atom. The second-order valence-electron chi connectivity index (χ2n) is 3.88. The molecule has 1 heterocycles. The summed E-state index contributed by atoms with van der Waals surface area (Å²) in [5.74, 6) is 1.37. The van der Waals surface area contributed by atoms with E-state index in [1.165, 1.54) is 0 Å². The maximum absolute atomic E-state index is 6.11. The Balaban J connectivity index is 2.26. The maximum atomic E-state index is 6.11. The van der Waals surface area contributed by atoms with Crippen LogP contribution in [0, 0.1) is 0 Å². The highest BCUT2D eigenvalue weighted by Crippen LogP contribution is 2.29. The number of nitrogens with two attached hydrogens (primary N) is 1. The van der Waals surface area contributed by atoms with Gasteiger partial charge in [0.05, 0.1) is 6.04 Å². The van der Waals surface area contributed by atoms with Crippen LogP contribution in [0.1, 0.15) is 23.1 Å². The summed E-state index contributed by atoms with van der Waals surface area (Å²) in [6.45, 7) is 0.418. The molecule has 1 aromatic carbocycles. The van der Waals surface area contributed by atoms with Crippen molar-refractivity contribution in [1.82, 2.24) is 0 Å². The zero-order chi connectivity index (χ0) is 13.1. The Labute approximate surface area is 115 Å². The van der Waals surface area contributed by atoms with Crippen LogP contribution in [-0.2, 0) is 11.3 Å². The molecule has 0 spiro atoms. The first kappa shape index (κ1) is 13.4. The first-order chi connectivity index (χ1) is 8.61. The van der Waals surface area contributed by atoms with E-state index < -0.39 is 6.04 Å².